The van der Waals surface area contributed by atoms with E-state index in [4.69, 9.17) is 0 Å². The second-order valence-electron chi connectivity index (χ2n) is 6.65. The van der Waals surface area contributed by atoms with Crippen LogP contribution in [0.15, 0.2) is 29.3 Å². The molecule has 0 aliphatic rings. The SMILES string of the molecule is CCNC(=NCCS(=O)(=O)C(C)(C)C)N(C)Cc1ccc(F)cc1. The normalized spacial score (nSPS) is 13.0. The van der Waals surface area contributed by atoms with Crippen molar-refractivity contribution in [3.05, 3.63) is 35.6 Å². The molecule has 0 bridgehead atoms. The van der Waals surface area contributed by atoms with Gasteiger partial charge >= 0.3 is 0 Å². The van der Waals surface area contributed by atoms with Crippen molar-refractivity contribution in [3.63, 3.8) is 0 Å². The van der Waals surface area contributed by atoms with Crippen molar-refractivity contribution < 1.29 is 12.8 Å². The summed E-state index contributed by atoms with van der Waals surface area (Å²) in [6.07, 6.45) is 0. The van der Waals surface area contributed by atoms with Gasteiger partial charge in [-0.05, 0) is 45.4 Å². The fourth-order valence-electron chi connectivity index (χ4n) is 1.99. The van der Waals surface area contributed by atoms with Gasteiger partial charge in [0.2, 0.25) is 0 Å². The first-order valence-electron chi connectivity index (χ1n) is 8.03. The number of halogens is 1. The van der Waals surface area contributed by atoms with E-state index in [9.17, 15) is 12.8 Å². The molecule has 0 aliphatic carbocycles. The molecular formula is C17H28FN3O2S. The van der Waals surface area contributed by atoms with Crippen molar-refractivity contribution in [1.82, 2.24) is 10.2 Å². The van der Waals surface area contributed by atoms with E-state index in [1.807, 2.05) is 18.9 Å². The summed E-state index contributed by atoms with van der Waals surface area (Å²) in [6, 6.07) is 6.28. The van der Waals surface area contributed by atoms with Gasteiger partial charge in [-0.25, -0.2) is 12.8 Å². The van der Waals surface area contributed by atoms with Gasteiger partial charge in [0.15, 0.2) is 15.8 Å². The molecule has 0 radical (unpaired) electrons. The lowest BCUT2D eigenvalue weighted by atomic mass is 10.2. The zero-order chi connectivity index (χ0) is 18.4. The van der Waals surface area contributed by atoms with E-state index in [0.29, 0.717) is 19.0 Å². The lowest BCUT2D eigenvalue weighted by Crippen LogP contribution is -2.39. The molecule has 0 spiro atoms. The van der Waals surface area contributed by atoms with E-state index >= 15 is 0 Å². The average molecular weight is 357 g/mol. The van der Waals surface area contributed by atoms with Crippen molar-refractivity contribution in [3.8, 4) is 0 Å². The van der Waals surface area contributed by atoms with Gasteiger partial charge in [0.25, 0.3) is 0 Å². The number of nitrogens with one attached hydrogen (secondary N) is 1. The van der Waals surface area contributed by atoms with E-state index < -0.39 is 14.6 Å². The topological polar surface area (TPSA) is 61.8 Å². The summed E-state index contributed by atoms with van der Waals surface area (Å²) in [6.45, 7) is 8.47. The molecule has 0 saturated heterocycles. The Bertz CT molecular complexity index is 649. The lowest BCUT2D eigenvalue weighted by Gasteiger charge is -2.23. The molecule has 1 rings (SSSR count). The summed E-state index contributed by atoms with van der Waals surface area (Å²) in [5.74, 6) is 0.371. The third-order valence-corrected chi connectivity index (χ3v) is 6.17. The zero-order valence-electron chi connectivity index (χ0n) is 15.1. The minimum atomic E-state index is -3.19. The van der Waals surface area contributed by atoms with Gasteiger partial charge in [-0.15, -0.1) is 0 Å². The van der Waals surface area contributed by atoms with Gasteiger partial charge < -0.3 is 10.2 Å². The maximum Gasteiger partial charge on any atom is 0.193 e. The highest BCUT2D eigenvalue weighted by Crippen LogP contribution is 2.15. The highest BCUT2D eigenvalue weighted by Gasteiger charge is 2.28. The quantitative estimate of drug-likeness (QED) is 0.627. The molecule has 0 aromatic heterocycles. The zero-order valence-corrected chi connectivity index (χ0v) is 16.0. The monoisotopic (exact) mass is 357 g/mol. The maximum atomic E-state index is 13.0. The van der Waals surface area contributed by atoms with E-state index in [2.05, 4.69) is 10.3 Å². The molecule has 0 amide bonds. The summed E-state index contributed by atoms with van der Waals surface area (Å²) in [5, 5.41) is 3.15. The van der Waals surface area contributed by atoms with E-state index in [-0.39, 0.29) is 18.1 Å². The van der Waals surface area contributed by atoms with Crippen LogP contribution < -0.4 is 5.32 Å². The van der Waals surface area contributed by atoms with Crippen LogP contribution in [0.1, 0.15) is 33.3 Å². The molecule has 1 aromatic rings. The van der Waals surface area contributed by atoms with E-state index in [1.165, 1.54) is 12.1 Å². The van der Waals surface area contributed by atoms with Crippen molar-refractivity contribution in [1.29, 1.82) is 0 Å². The summed E-state index contributed by atoms with van der Waals surface area (Å²) in [4.78, 5) is 6.29. The van der Waals surface area contributed by atoms with E-state index in [0.717, 1.165) is 5.56 Å². The second kappa shape index (κ2) is 8.46. The lowest BCUT2D eigenvalue weighted by molar-refractivity contribution is 0.476. The largest absolute Gasteiger partial charge is 0.357 e. The summed E-state index contributed by atoms with van der Waals surface area (Å²) < 4.78 is 36.5. The Morgan fingerprint density at radius 1 is 1.25 bits per heavy atom. The Labute approximate surface area is 144 Å². The summed E-state index contributed by atoms with van der Waals surface area (Å²) in [5.41, 5.74) is 0.951. The average Bonchev–Trinajstić information content (AvgIpc) is 2.47. The Hall–Kier alpha value is -1.63. The van der Waals surface area contributed by atoms with Gasteiger partial charge in [0, 0.05) is 20.1 Å². The highest BCUT2D eigenvalue weighted by atomic mass is 32.2. The van der Waals surface area contributed by atoms with Gasteiger partial charge in [0.1, 0.15) is 5.82 Å². The number of hydrogen-bond acceptors (Lipinski definition) is 3. The molecule has 1 aromatic carbocycles. The third kappa shape index (κ3) is 6.11. The highest BCUT2D eigenvalue weighted by molar-refractivity contribution is 7.92. The first-order chi connectivity index (χ1) is 11.1. The van der Waals surface area contributed by atoms with Crippen LogP contribution in [0.25, 0.3) is 0 Å². The molecule has 136 valence electrons. The number of benzene rings is 1. The second-order valence-corrected chi connectivity index (χ2v) is 9.51. The van der Waals surface area contributed by atoms with Crippen molar-refractivity contribution >= 4 is 15.8 Å². The molecule has 0 heterocycles. The van der Waals surface area contributed by atoms with Crippen molar-refractivity contribution in [2.75, 3.05) is 25.9 Å². The number of nitrogens with zero attached hydrogens (tertiary/aromatic N) is 2. The minimum Gasteiger partial charge on any atom is -0.357 e. The molecular weight excluding hydrogens is 329 g/mol. The van der Waals surface area contributed by atoms with Crippen LogP contribution in [0.3, 0.4) is 0 Å². The van der Waals surface area contributed by atoms with Crippen molar-refractivity contribution in [2.45, 2.75) is 39.0 Å². The molecule has 5 nitrogen and oxygen atoms in total. The Morgan fingerprint density at radius 3 is 2.33 bits per heavy atom. The van der Waals surface area contributed by atoms with Crippen LogP contribution in [0.5, 0.6) is 0 Å². The van der Waals surface area contributed by atoms with Crippen LogP contribution in [0.2, 0.25) is 0 Å². The number of aliphatic imine (C=N–C) groups is 1. The van der Waals surface area contributed by atoms with Crippen LogP contribution in [0, 0.1) is 5.82 Å². The van der Waals surface area contributed by atoms with Gasteiger partial charge in [-0.1, -0.05) is 12.1 Å². The molecule has 0 unspecified atom stereocenters. The third-order valence-electron chi connectivity index (χ3n) is 3.58. The molecule has 7 heteroatoms. The molecule has 0 fully saturated rings. The Morgan fingerprint density at radius 2 is 1.83 bits per heavy atom. The fraction of sp³-hybridized carbons (Fsp3) is 0.588. The number of sulfone groups is 1. The van der Waals surface area contributed by atoms with Gasteiger partial charge in [0.05, 0.1) is 17.0 Å². The first kappa shape index (κ1) is 20.4. The minimum absolute atomic E-state index is 0.00970. The number of hydrogen-bond donors (Lipinski definition) is 1. The predicted octanol–water partition coefficient (Wildman–Crippen LogP) is 2.44. The van der Waals surface area contributed by atoms with E-state index in [1.54, 1.807) is 32.9 Å². The predicted molar refractivity (Wildman–Crippen MR) is 97.4 cm³/mol. The van der Waals surface area contributed by atoms with Crippen LogP contribution in [0.4, 0.5) is 4.39 Å². The molecule has 1 N–H and O–H groups in total. The molecule has 0 saturated carbocycles. The smallest absolute Gasteiger partial charge is 0.193 e. The van der Waals surface area contributed by atoms with Crippen LogP contribution in [-0.2, 0) is 16.4 Å². The van der Waals surface area contributed by atoms with Crippen LogP contribution >= 0.6 is 0 Å². The number of rotatable bonds is 6. The maximum absolute atomic E-state index is 13.0. The first-order valence-corrected chi connectivity index (χ1v) is 9.68. The molecule has 24 heavy (non-hydrogen) atoms. The van der Waals surface area contributed by atoms with Crippen molar-refractivity contribution in [2.24, 2.45) is 4.99 Å². The number of guanidine groups is 1. The Balaban J connectivity index is 2.76. The molecule has 0 atom stereocenters. The summed E-state index contributed by atoms with van der Waals surface area (Å²) in [7, 11) is -1.33. The standard InChI is InChI=1S/C17H28FN3O2S/c1-6-19-16(20-11-12-24(22,23)17(2,3)4)21(5)13-14-7-9-15(18)10-8-14/h7-10H,6,11-13H2,1-5H3,(H,19,20). The fourth-order valence-corrected chi connectivity index (χ4v) is 2.93. The van der Waals surface area contributed by atoms with Crippen LogP contribution in [-0.4, -0.2) is 49.9 Å². The summed E-state index contributed by atoms with van der Waals surface area (Å²) >= 11 is 0. The molecule has 0 aliphatic heterocycles. The van der Waals surface area contributed by atoms with Gasteiger partial charge in [-0.3, -0.25) is 4.99 Å². The van der Waals surface area contributed by atoms with Gasteiger partial charge in [-0.2, -0.15) is 0 Å². The Kier molecular flexibility index (Phi) is 7.20.